The zero-order valence-corrected chi connectivity index (χ0v) is 9.17. The Labute approximate surface area is 90.4 Å². The number of hydrogen-bond donors (Lipinski definition) is 0. The maximum atomic E-state index is 2.33. The minimum atomic E-state index is 0.847. The van der Waals surface area contributed by atoms with E-state index >= 15 is 0 Å². The van der Waals surface area contributed by atoms with Gasteiger partial charge in [0.05, 0.1) is 0 Å². The normalized spacial score (nSPS) is 21.0. The molecule has 1 aliphatic rings. The summed E-state index contributed by atoms with van der Waals surface area (Å²) in [6, 6.07) is 10.8. The molecule has 0 spiro atoms. The average Bonchev–Trinajstić information content (AvgIpc) is 2.29. The highest BCUT2D eigenvalue weighted by atomic mass is 32.2. The van der Waals surface area contributed by atoms with Crippen LogP contribution in [0.2, 0.25) is 0 Å². The van der Waals surface area contributed by atoms with Gasteiger partial charge in [0, 0.05) is 11.0 Å². The second kappa shape index (κ2) is 5.26. The van der Waals surface area contributed by atoms with E-state index < -0.39 is 0 Å². The summed E-state index contributed by atoms with van der Waals surface area (Å²) in [6.07, 6.45) is 8.52. The summed E-state index contributed by atoms with van der Waals surface area (Å²) >= 11 is 2.10. The van der Waals surface area contributed by atoms with Gasteiger partial charge in [-0.1, -0.05) is 42.5 Å². The van der Waals surface area contributed by atoms with E-state index in [0.717, 1.165) is 5.25 Å². The summed E-state index contributed by atoms with van der Waals surface area (Å²) in [5.74, 6) is 1.17. The molecule has 1 aromatic carbocycles. The van der Waals surface area contributed by atoms with Gasteiger partial charge in [0.2, 0.25) is 0 Å². The Bertz CT molecular complexity index is 289. The molecule has 1 unspecified atom stereocenters. The summed E-state index contributed by atoms with van der Waals surface area (Å²) in [5.41, 5.74) is 1.45. The van der Waals surface area contributed by atoms with E-state index in [1.54, 1.807) is 0 Å². The first-order valence-corrected chi connectivity index (χ1v) is 6.30. The largest absolute Gasteiger partial charge is 0.153 e. The molecular formula is C13H16S. The van der Waals surface area contributed by atoms with Crippen LogP contribution in [0.5, 0.6) is 0 Å². The molecule has 74 valence electrons. The van der Waals surface area contributed by atoms with Gasteiger partial charge in [0.15, 0.2) is 0 Å². The van der Waals surface area contributed by atoms with Crippen molar-refractivity contribution >= 4 is 11.8 Å². The molecule has 0 N–H and O–H groups in total. The first kappa shape index (κ1) is 9.85. The molecule has 0 aromatic heterocycles. The standard InChI is InChI=1S/C13H16S/c1-3-7-12(8-4-1)11-14-13-9-5-2-6-10-13/h1-5,7-8,13H,6,9-11H2. The highest BCUT2D eigenvalue weighted by Crippen LogP contribution is 2.27. The van der Waals surface area contributed by atoms with Crippen LogP contribution in [0.25, 0.3) is 0 Å². The first-order chi connectivity index (χ1) is 6.95. The van der Waals surface area contributed by atoms with Crippen LogP contribution in [0, 0.1) is 0 Å². The van der Waals surface area contributed by atoms with E-state index in [1.165, 1.54) is 30.6 Å². The Hall–Kier alpha value is -0.690. The van der Waals surface area contributed by atoms with E-state index in [1.807, 2.05) is 0 Å². The fourth-order valence-electron chi connectivity index (χ4n) is 1.71. The lowest BCUT2D eigenvalue weighted by Gasteiger charge is -2.16. The Morgan fingerprint density at radius 3 is 2.71 bits per heavy atom. The lowest BCUT2D eigenvalue weighted by molar-refractivity contribution is 0.748. The molecule has 14 heavy (non-hydrogen) atoms. The van der Waals surface area contributed by atoms with E-state index in [0.29, 0.717) is 0 Å². The van der Waals surface area contributed by atoms with Crippen LogP contribution in [0.4, 0.5) is 0 Å². The van der Waals surface area contributed by atoms with Crippen molar-refractivity contribution in [1.82, 2.24) is 0 Å². The maximum absolute atomic E-state index is 2.33. The van der Waals surface area contributed by atoms with Gasteiger partial charge in [-0.3, -0.25) is 0 Å². The molecule has 1 aromatic rings. The number of thioether (sulfide) groups is 1. The monoisotopic (exact) mass is 204 g/mol. The van der Waals surface area contributed by atoms with Crippen molar-refractivity contribution in [3.05, 3.63) is 48.0 Å². The first-order valence-electron chi connectivity index (χ1n) is 5.25. The predicted octanol–water partition coefficient (Wildman–Crippen LogP) is 4.03. The highest BCUT2D eigenvalue weighted by molar-refractivity contribution is 7.99. The molecular weight excluding hydrogens is 188 g/mol. The van der Waals surface area contributed by atoms with Crippen LogP contribution >= 0.6 is 11.8 Å². The minimum absolute atomic E-state index is 0.847. The Kier molecular flexibility index (Phi) is 3.70. The van der Waals surface area contributed by atoms with Gasteiger partial charge in [-0.2, -0.15) is 11.8 Å². The van der Waals surface area contributed by atoms with E-state index in [2.05, 4.69) is 54.2 Å². The number of rotatable bonds is 3. The van der Waals surface area contributed by atoms with Crippen LogP contribution in [0.3, 0.4) is 0 Å². The molecule has 2 rings (SSSR count). The van der Waals surface area contributed by atoms with Crippen molar-refractivity contribution in [1.29, 1.82) is 0 Å². The van der Waals surface area contributed by atoms with Crippen LogP contribution < -0.4 is 0 Å². The fraction of sp³-hybridized carbons (Fsp3) is 0.385. The Balaban J connectivity index is 1.80. The SMILES string of the molecule is C1=CCC(SCc2ccccc2)CC1. The summed E-state index contributed by atoms with van der Waals surface area (Å²) in [5, 5.41) is 0.847. The smallest absolute Gasteiger partial charge is 0.0187 e. The van der Waals surface area contributed by atoms with Crippen molar-refractivity contribution in [2.24, 2.45) is 0 Å². The topological polar surface area (TPSA) is 0 Å². The lowest BCUT2D eigenvalue weighted by Crippen LogP contribution is -2.04. The molecule has 0 saturated heterocycles. The maximum Gasteiger partial charge on any atom is 0.0187 e. The van der Waals surface area contributed by atoms with Crippen LogP contribution in [0.1, 0.15) is 24.8 Å². The number of hydrogen-bond acceptors (Lipinski definition) is 1. The predicted molar refractivity (Wildman–Crippen MR) is 64.5 cm³/mol. The molecule has 0 bridgehead atoms. The van der Waals surface area contributed by atoms with Crippen molar-refractivity contribution in [3.8, 4) is 0 Å². The van der Waals surface area contributed by atoms with Crippen LogP contribution in [0.15, 0.2) is 42.5 Å². The molecule has 1 aliphatic carbocycles. The van der Waals surface area contributed by atoms with Gasteiger partial charge in [-0.25, -0.2) is 0 Å². The molecule has 0 heterocycles. The van der Waals surface area contributed by atoms with E-state index in [9.17, 15) is 0 Å². The van der Waals surface area contributed by atoms with Crippen molar-refractivity contribution in [2.75, 3.05) is 0 Å². The highest BCUT2D eigenvalue weighted by Gasteiger charge is 2.09. The van der Waals surface area contributed by atoms with E-state index in [4.69, 9.17) is 0 Å². The minimum Gasteiger partial charge on any atom is -0.153 e. The Morgan fingerprint density at radius 2 is 2.00 bits per heavy atom. The Morgan fingerprint density at radius 1 is 1.14 bits per heavy atom. The summed E-state index contributed by atoms with van der Waals surface area (Å²) in [6.45, 7) is 0. The van der Waals surface area contributed by atoms with Crippen molar-refractivity contribution in [3.63, 3.8) is 0 Å². The van der Waals surface area contributed by atoms with Gasteiger partial charge >= 0.3 is 0 Å². The molecule has 1 heteroatoms. The molecule has 0 fully saturated rings. The molecule has 0 radical (unpaired) electrons. The van der Waals surface area contributed by atoms with Crippen molar-refractivity contribution in [2.45, 2.75) is 30.3 Å². The van der Waals surface area contributed by atoms with Gasteiger partial charge in [0.1, 0.15) is 0 Å². The third-order valence-electron chi connectivity index (χ3n) is 2.55. The zero-order valence-electron chi connectivity index (χ0n) is 8.36. The summed E-state index contributed by atoms with van der Waals surface area (Å²) < 4.78 is 0. The van der Waals surface area contributed by atoms with Crippen molar-refractivity contribution < 1.29 is 0 Å². The quantitative estimate of drug-likeness (QED) is 0.670. The average molecular weight is 204 g/mol. The van der Waals surface area contributed by atoms with Gasteiger partial charge in [-0.15, -0.1) is 0 Å². The number of allylic oxidation sites excluding steroid dienone is 2. The van der Waals surface area contributed by atoms with Gasteiger partial charge in [-0.05, 0) is 24.8 Å². The third-order valence-corrected chi connectivity index (χ3v) is 3.95. The molecule has 0 amide bonds. The van der Waals surface area contributed by atoms with Crippen LogP contribution in [-0.4, -0.2) is 5.25 Å². The molecule has 0 nitrogen and oxygen atoms in total. The van der Waals surface area contributed by atoms with Gasteiger partial charge in [0.25, 0.3) is 0 Å². The summed E-state index contributed by atoms with van der Waals surface area (Å²) in [4.78, 5) is 0. The van der Waals surface area contributed by atoms with Gasteiger partial charge < -0.3 is 0 Å². The fourth-order valence-corrected chi connectivity index (χ4v) is 2.88. The summed E-state index contributed by atoms with van der Waals surface area (Å²) in [7, 11) is 0. The molecule has 1 atom stereocenters. The number of benzene rings is 1. The molecule has 0 aliphatic heterocycles. The molecule has 0 saturated carbocycles. The van der Waals surface area contributed by atoms with E-state index in [-0.39, 0.29) is 0 Å². The third kappa shape index (κ3) is 2.91. The zero-order chi connectivity index (χ0) is 9.64. The second-order valence-electron chi connectivity index (χ2n) is 3.70. The van der Waals surface area contributed by atoms with Crippen LogP contribution in [-0.2, 0) is 5.75 Å². The lowest BCUT2D eigenvalue weighted by atomic mass is 10.1. The second-order valence-corrected chi connectivity index (χ2v) is 4.99.